The Hall–Kier alpha value is -1.64. The topological polar surface area (TPSA) is 68.5 Å². The van der Waals surface area contributed by atoms with Gasteiger partial charge in [0.1, 0.15) is 17.1 Å². The molecule has 0 aliphatic carbocycles. The lowest BCUT2D eigenvalue weighted by atomic mass is 10.1. The fraction of sp³-hybridized carbons (Fsp3) is 0.438. The second-order valence-electron chi connectivity index (χ2n) is 5.05. The highest BCUT2D eigenvalue weighted by atomic mass is 127. The van der Waals surface area contributed by atoms with Crippen LogP contribution < -0.4 is 15.7 Å². The van der Waals surface area contributed by atoms with E-state index < -0.39 is 0 Å². The third-order valence-electron chi connectivity index (χ3n) is 3.40. The first kappa shape index (κ1) is 17.7. The van der Waals surface area contributed by atoms with Crippen molar-refractivity contribution in [2.24, 2.45) is 4.99 Å². The number of nitrogens with one attached hydrogen (secondary N) is 1. The molecule has 1 aliphatic heterocycles. The van der Waals surface area contributed by atoms with Crippen LogP contribution in [0.5, 0.6) is 5.75 Å². The van der Waals surface area contributed by atoms with Crippen molar-refractivity contribution in [2.75, 3.05) is 23.4 Å². The Labute approximate surface area is 149 Å². The number of aromatic nitrogens is 2. The number of methoxy groups -OCH3 is 1. The van der Waals surface area contributed by atoms with Crippen molar-refractivity contribution in [3.8, 4) is 5.75 Å². The van der Waals surface area contributed by atoms with E-state index >= 15 is 0 Å². The van der Waals surface area contributed by atoms with Crippen molar-refractivity contribution < 1.29 is 9.53 Å². The third kappa shape index (κ3) is 3.65. The number of rotatable bonds is 1. The number of carbonyl (C=O) groups excluding carboxylic acids is 1. The Bertz CT molecular complexity index is 799. The summed E-state index contributed by atoms with van der Waals surface area (Å²) in [4.78, 5) is 19.8. The minimum atomic E-state index is -0.259. The number of nitrogens with zero attached hydrogens (tertiary/aromatic N) is 3. The number of amides is 1. The van der Waals surface area contributed by atoms with Crippen molar-refractivity contribution in [3.05, 3.63) is 23.3 Å². The molecule has 1 aromatic heterocycles. The summed E-state index contributed by atoms with van der Waals surface area (Å²) in [7, 11) is 1.62. The van der Waals surface area contributed by atoms with Gasteiger partial charge in [-0.2, -0.15) is 4.99 Å². The molecule has 0 fully saturated rings. The zero-order valence-corrected chi connectivity index (χ0v) is 16.0. The number of halogens is 1. The zero-order chi connectivity index (χ0) is 17.0. The molecule has 1 aliphatic rings. The van der Waals surface area contributed by atoms with E-state index in [1.807, 2.05) is 23.6 Å². The first-order valence-electron chi connectivity index (χ1n) is 7.46. The number of hydrogen-bond acceptors (Lipinski definition) is 4. The highest BCUT2D eigenvalue weighted by Gasteiger charge is 2.18. The summed E-state index contributed by atoms with van der Waals surface area (Å²) in [5, 5.41) is 4.30. The molecule has 6 nitrogen and oxygen atoms in total. The number of alkyl halides is 1. The van der Waals surface area contributed by atoms with E-state index in [9.17, 15) is 4.79 Å². The van der Waals surface area contributed by atoms with Gasteiger partial charge in [0.25, 0.3) is 0 Å². The standard InChI is InChI=1S/C14H16N4O2.C2H5I/c1-8-4-5-10-11(12(8)20-3)17-14(16-9(2)19)18-7-6-15-13(10)18;1-2-3/h4-5,15H,6-7H2,1-3H3;2H2,1H3. The van der Waals surface area contributed by atoms with Gasteiger partial charge in [-0.1, -0.05) is 35.6 Å². The van der Waals surface area contributed by atoms with Gasteiger partial charge >= 0.3 is 0 Å². The van der Waals surface area contributed by atoms with E-state index in [0.29, 0.717) is 5.62 Å². The SMILES string of the molecule is CCI.COc1c(C)ccc2c3n(c(=NC(C)=O)nc12)CCN3. The van der Waals surface area contributed by atoms with E-state index in [4.69, 9.17) is 4.74 Å². The molecule has 0 radical (unpaired) electrons. The summed E-state index contributed by atoms with van der Waals surface area (Å²) in [6.45, 7) is 7.06. The molecule has 124 valence electrons. The van der Waals surface area contributed by atoms with Gasteiger partial charge in [-0.3, -0.25) is 9.36 Å². The quantitative estimate of drug-likeness (QED) is 0.560. The van der Waals surface area contributed by atoms with E-state index in [1.54, 1.807) is 7.11 Å². The average molecular weight is 428 g/mol. The summed E-state index contributed by atoms with van der Waals surface area (Å²) in [6, 6.07) is 4.02. The molecular formula is C16H21IN4O2. The van der Waals surface area contributed by atoms with Crippen LogP contribution in [0.3, 0.4) is 0 Å². The fourth-order valence-electron chi connectivity index (χ4n) is 2.55. The van der Waals surface area contributed by atoms with E-state index in [2.05, 4.69) is 44.8 Å². The number of aryl methyl sites for hydroxylation is 1. The monoisotopic (exact) mass is 428 g/mol. The van der Waals surface area contributed by atoms with Gasteiger partial charge in [-0.15, -0.1) is 0 Å². The molecule has 7 heteroatoms. The zero-order valence-electron chi connectivity index (χ0n) is 13.8. The van der Waals surface area contributed by atoms with Gasteiger partial charge in [0.05, 0.1) is 7.11 Å². The van der Waals surface area contributed by atoms with Crippen LogP contribution in [0.2, 0.25) is 0 Å². The number of ether oxygens (including phenoxy) is 1. The molecule has 0 unspecified atom stereocenters. The Morgan fingerprint density at radius 1 is 1.52 bits per heavy atom. The van der Waals surface area contributed by atoms with E-state index in [-0.39, 0.29) is 5.91 Å². The Kier molecular flexibility index (Phi) is 5.97. The predicted octanol–water partition coefficient (Wildman–Crippen LogP) is 2.67. The van der Waals surface area contributed by atoms with E-state index in [1.165, 1.54) is 11.4 Å². The fourth-order valence-corrected chi connectivity index (χ4v) is 2.55. The molecule has 2 heterocycles. The van der Waals surface area contributed by atoms with Crippen LogP contribution in [0.4, 0.5) is 5.82 Å². The van der Waals surface area contributed by atoms with Crippen LogP contribution in [0.15, 0.2) is 17.1 Å². The minimum Gasteiger partial charge on any atom is -0.494 e. The highest BCUT2D eigenvalue weighted by molar-refractivity contribution is 14.1. The first-order chi connectivity index (χ1) is 11.0. The molecule has 0 saturated heterocycles. The first-order valence-corrected chi connectivity index (χ1v) is 8.99. The number of carbonyl (C=O) groups is 1. The van der Waals surface area contributed by atoms with Gasteiger partial charge < -0.3 is 10.1 Å². The maximum atomic E-state index is 11.3. The molecule has 0 saturated carbocycles. The second kappa shape index (κ2) is 7.76. The van der Waals surface area contributed by atoms with Gasteiger partial charge in [0.15, 0.2) is 0 Å². The van der Waals surface area contributed by atoms with Crippen LogP contribution in [-0.4, -0.2) is 33.5 Å². The van der Waals surface area contributed by atoms with Crippen molar-refractivity contribution in [3.63, 3.8) is 0 Å². The van der Waals surface area contributed by atoms with Gasteiger partial charge in [0.2, 0.25) is 11.5 Å². The normalized spacial score (nSPS) is 13.2. The number of fused-ring (bicyclic) bond motifs is 3. The maximum Gasteiger partial charge on any atom is 0.245 e. The predicted molar refractivity (Wildman–Crippen MR) is 100 cm³/mol. The third-order valence-corrected chi connectivity index (χ3v) is 3.40. The lowest BCUT2D eigenvalue weighted by Gasteiger charge is -2.12. The average Bonchev–Trinajstić information content (AvgIpc) is 2.97. The largest absolute Gasteiger partial charge is 0.494 e. The van der Waals surface area contributed by atoms with Crippen molar-refractivity contribution in [1.29, 1.82) is 0 Å². The smallest absolute Gasteiger partial charge is 0.245 e. The van der Waals surface area contributed by atoms with Crippen molar-refractivity contribution >= 4 is 45.2 Å². The highest BCUT2D eigenvalue weighted by Crippen LogP contribution is 2.31. The van der Waals surface area contributed by atoms with Gasteiger partial charge in [0, 0.05) is 25.4 Å². The number of hydrogen-bond donors (Lipinski definition) is 1. The Balaban J connectivity index is 0.000000595. The molecule has 0 bridgehead atoms. The lowest BCUT2D eigenvalue weighted by Crippen LogP contribution is -2.24. The van der Waals surface area contributed by atoms with Gasteiger partial charge in [-0.05, 0) is 23.0 Å². The summed E-state index contributed by atoms with van der Waals surface area (Å²) in [6.07, 6.45) is 0. The molecule has 0 spiro atoms. The Morgan fingerprint density at radius 2 is 2.22 bits per heavy atom. The summed E-state index contributed by atoms with van der Waals surface area (Å²) in [5.41, 5.74) is 2.16. The minimum absolute atomic E-state index is 0.259. The van der Waals surface area contributed by atoms with Crippen LogP contribution in [0.1, 0.15) is 19.4 Å². The molecule has 1 N–H and O–H groups in total. The molecule has 1 amide bonds. The maximum absolute atomic E-state index is 11.3. The molecule has 0 atom stereocenters. The van der Waals surface area contributed by atoms with Crippen LogP contribution in [0.25, 0.3) is 10.9 Å². The van der Waals surface area contributed by atoms with E-state index in [0.717, 1.165) is 41.1 Å². The lowest BCUT2D eigenvalue weighted by molar-refractivity contribution is -0.116. The van der Waals surface area contributed by atoms with Gasteiger partial charge in [-0.25, -0.2) is 4.98 Å². The number of benzene rings is 1. The van der Waals surface area contributed by atoms with Crippen LogP contribution >= 0.6 is 22.6 Å². The molecule has 3 rings (SSSR count). The summed E-state index contributed by atoms with van der Waals surface area (Å²) < 4.78 is 8.60. The summed E-state index contributed by atoms with van der Waals surface area (Å²) in [5.74, 6) is 1.40. The van der Waals surface area contributed by atoms with Crippen molar-refractivity contribution in [1.82, 2.24) is 9.55 Å². The van der Waals surface area contributed by atoms with Crippen LogP contribution in [0, 0.1) is 6.92 Å². The molecule has 1 aromatic carbocycles. The van der Waals surface area contributed by atoms with Crippen LogP contribution in [-0.2, 0) is 11.3 Å². The number of anilines is 1. The molecular weight excluding hydrogens is 407 g/mol. The van der Waals surface area contributed by atoms with Crippen molar-refractivity contribution in [2.45, 2.75) is 27.3 Å². The molecule has 2 aromatic rings. The Morgan fingerprint density at radius 3 is 2.83 bits per heavy atom. The second-order valence-corrected chi connectivity index (χ2v) is 6.57. The molecule has 23 heavy (non-hydrogen) atoms. The summed E-state index contributed by atoms with van der Waals surface area (Å²) >= 11 is 2.29.